The van der Waals surface area contributed by atoms with Crippen LogP contribution in [0.4, 0.5) is 5.69 Å². The Kier molecular flexibility index (Phi) is 1.93. The van der Waals surface area contributed by atoms with Gasteiger partial charge in [-0.1, -0.05) is 12.1 Å². The number of carbonyl (C=O) groups is 1. The summed E-state index contributed by atoms with van der Waals surface area (Å²) in [7, 11) is 0. The van der Waals surface area contributed by atoms with Gasteiger partial charge in [0.25, 0.3) is 5.91 Å². The summed E-state index contributed by atoms with van der Waals surface area (Å²) in [6, 6.07) is 7.68. The van der Waals surface area contributed by atoms with Crippen LogP contribution in [0.1, 0.15) is 17.3 Å². The van der Waals surface area contributed by atoms with Crippen LogP contribution in [0.5, 0.6) is 0 Å². The molecule has 1 aromatic carbocycles. The number of fused-ring (bicyclic) bond motifs is 1. The van der Waals surface area contributed by atoms with E-state index in [0.717, 1.165) is 17.8 Å². The first-order valence-corrected chi connectivity index (χ1v) is 4.45. The average molecular weight is 176 g/mol. The van der Waals surface area contributed by atoms with Crippen LogP contribution in [0.2, 0.25) is 0 Å². The summed E-state index contributed by atoms with van der Waals surface area (Å²) >= 11 is 0. The van der Waals surface area contributed by atoms with Gasteiger partial charge in [-0.15, -0.1) is 0 Å². The number of nitrogens with zero attached hydrogens (tertiary/aromatic N) is 1. The van der Waals surface area contributed by atoms with E-state index in [0.29, 0.717) is 6.67 Å². The van der Waals surface area contributed by atoms with Crippen molar-refractivity contribution in [2.24, 2.45) is 0 Å². The van der Waals surface area contributed by atoms with Crippen LogP contribution in [0.3, 0.4) is 0 Å². The highest BCUT2D eigenvalue weighted by Gasteiger charge is 2.19. The highest BCUT2D eigenvalue weighted by atomic mass is 16.2. The fraction of sp³-hybridized carbons (Fsp3) is 0.300. The van der Waals surface area contributed by atoms with E-state index in [-0.39, 0.29) is 5.91 Å². The molecule has 0 unspecified atom stereocenters. The van der Waals surface area contributed by atoms with Crippen molar-refractivity contribution in [2.45, 2.75) is 6.92 Å². The molecule has 1 amide bonds. The van der Waals surface area contributed by atoms with E-state index in [1.54, 1.807) is 0 Å². The molecule has 3 heteroatoms. The highest BCUT2D eigenvalue weighted by molar-refractivity contribution is 6.01. The minimum Gasteiger partial charge on any atom is -0.354 e. The second kappa shape index (κ2) is 3.09. The second-order valence-electron chi connectivity index (χ2n) is 3.04. The SMILES string of the molecule is CCN1CNC(=O)c2ccccc21. The number of amides is 1. The zero-order valence-electron chi connectivity index (χ0n) is 7.58. The third-order valence-corrected chi connectivity index (χ3v) is 2.30. The van der Waals surface area contributed by atoms with Gasteiger partial charge in [0.15, 0.2) is 0 Å². The molecule has 0 saturated carbocycles. The molecule has 13 heavy (non-hydrogen) atoms. The maximum atomic E-state index is 11.4. The molecule has 0 aliphatic carbocycles. The minimum absolute atomic E-state index is 0.0281. The van der Waals surface area contributed by atoms with Crippen LogP contribution in [0, 0.1) is 0 Å². The molecular formula is C10H12N2O. The Balaban J connectivity index is 2.47. The zero-order chi connectivity index (χ0) is 9.26. The molecule has 68 valence electrons. The number of rotatable bonds is 1. The Labute approximate surface area is 77.4 Å². The first-order valence-electron chi connectivity index (χ1n) is 4.45. The van der Waals surface area contributed by atoms with E-state index < -0.39 is 0 Å². The third kappa shape index (κ3) is 1.26. The van der Waals surface area contributed by atoms with Gasteiger partial charge < -0.3 is 10.2 Å². The highest BCUT2D eigenvalue weighted by Crippen LogP contribution is 2.22. The van der Waals surface area contributed by atoms with E-state index in [1.165, 1.54) is 0 Å². The van der Waals surface area contributed by atoms with E-state index in [9.17, 15) is 4.79 Å². The van der Waals surface area contributed by atoms with Crippen LogP contribution in [-0.4, -0.2) is 19.1 Å². The summed E-state index contributed by atoms with van der Waals surface area (Å²) < 4.78 is 0. The van der Waals surface area contributed by atoms with Gasteiger partial charge in [-0.3, -0.25) is 4.79 Å². The first kappa shape index (κ1) is 8.10. The van der Waals surface area contributed by atoms with Crippen molar-refractivity contribution >= 4 is 11.6 Å². The number of anilines is 1. The van der Waals surface area contributed by atoms with Gasteiger partial charge in [-0.2, -0.15) is 0 Å². The summed E-state index contributed by atoms with van der Waals surface area (Å²) in [5.74, 6) is 0.0281. The van der Waals surface area contributed by atoms with Crippen molar-refractivity contribution < 1.29 is 4.79 Å². The summed E-state index contributed by atoms with van der Waals surface area (Å²) in [5.41, 5.74) is 1.81. The number of nitrogens with one attached hydrogen (secondary N) is 1. The molecule has 0 fully saturated rings. The van der Waals surface area contributed by atoms with Crippen molar-refractivity contribution in [3.63, 3.8) is 0 Å². The molecule has 1 N–H and O–H groups in total. The van der Waals surface area contributed by atoms with Crippen LogP contribution in [0.25, 0.3) is 0 Å². The lowest BCUT2D eigenvalue weighted by Gasteiger charge is -2.29. The van der Waals surface area contributed by atoms with Crippen LogP contribution in [-0.2, 0) is 0 Å². The standard InChI is InChI=1S/C10H12N2O/c1-2-12-7-11-10(13)8-5-3-4-6-9(8)12/h3-6H,2,7H2,1H3,(H,11,13). The van der Waals surface area contributed by atoms with Crippen LogP contribution in [0.15, 0.2) is 24.3 Å². The quantitative estimate of drug-likeness (QED) is 0.697. The zero-order valence-corrected chi connectivity index (χ0v) is 7.58. The van der Waals surface area contributed by atoms with E-state index in [4.69, 9.17) is 0 Å². The fourth-order valence-electron chi connectivity index (χ4n) is 1.57. The fourth-order valence-corrected chi connectivity index (χ4v) is 1.57. The van der Waals surface area contributed by atoms with Crippen molar-refractivity contribution in [3.05, 3.63) is 29.8 Å². The normalized spacial score (nSPS) is 15.2. The van der Waals surface area contributed by atoms with Gasteiger partial charge in [0.1, 0.15) is 0 Å². The Morgan fingerprint density at radius 1 is 1.46 bits per heavy atom. The molecule has 0 atom stereocenters. The van der Waals surface area contributed by atoms with Crippen LogP contribution >= 0.6 is 0 Å². The van der Waals surface area contributed by atoms with E-state index >= 15 is 0 Å². The van der Waals surface area contributed by atoms with Gasteiger partial charge in [-0.25, -0.2) is 0 Å². The van der Waals surface area contributed by atoms with Gasteiger partial charge in [-0.05, 0) is 19.1 Å². The molecule has 0 saturated heterocycles. The Bertz CT molecular complexity index is 335. The molecule has 3 nitrogen and oxygen atoms in total. The number of benzene rings is 1. The van der Waals surface area contributed by atoms with E-state index in [1.807, 2.05) is 24.3 Å². The molecule has 1 heterocycles. The first-order chi connectivity index (χ1) is 6.33. The number of hydrogen-bond donors (Lipinski definition) is 1. The lowest BCUT2D eigenvalue weighted by molar-refractivity contribution is 0.0948. The minimum atomic E-state index is 0.0281. The van der Waals surface area contributed by atoms with Gasteiger partial charge in [0.05, 0.1) is 17.9 Å². The van der Waals surface area contributed by atoms with Gasteiger partial charge >= 0.3 is 0 Å². The molecule has 1 aromatic rings. The smallest absolute Gasteiger partial charge is 0.254 e. The van der Waals surface area contributed by atoms with Gasteiger partial charge in [0, 0.05) is 6.54 Å². The predicted octanol–water partition coefficient (Wildman–Crippen LogP) is 1.21. The largest absolute Gasteiger partial charge is 0.354 e. The molecule has 1 aliphatic heterocycles. The molecule has 0 radical (unpaired) electrons. The van der Waals surface area contributed by atoms with Crippen molar-refractivity contribution in [1.29, 1.82) is 0 Å². The molecule has 0 bridgehead atoms. The monoisotopic (exact) mass is 176 g/mol. The maximum Gasteiger partial charge on any atom is 0.254 e. The topological polar surface area (TPSA) is 32.3 Å². The number of carbonyl (C=O) groups excluding carboxylic acids is 1. The number of hydrogen-bond acceptors (Lipinski definition) is 2. The Hall–Kier alpha value is -1.51. The lowest BCUT2D eigenvalue weighted by Crippen LogP contribution is -2.43. The summed E-state index contributed by atoms with van der Waals surface area (Å²) in [4.78, 5) is 13.5. The van der Waals surface area contributed by atoms with Crippen LogP contribution < -0.4 is 10.2 Å². The molecule has 2 rings (SSSR count). The second-order valence-corrected chi connectivity index (χ2v) is 3.04. The molecule has 1 aliphatic rings. The van der Waals surface area contributed by atoms with E-state index in [2.05, 4.69) is 17.1 Å². The van der Waals surface area contributed by atoms with Crippen molar-refractivity contribution in [1.82, 2.24) is 5.32 Å². The lowest BCUT2D eigenvalue weighted by atomic mass is 10.1. The maximum absolute atomic E-state index is 11.4. The van der Waals surface area contributed by atoms with Crippen molar-refractivity contribution in [2.75, 3.05) is 18.1 Å². The summed E-state index contributed by atoms with van der Waals surface area (Å²) in [6.07, 6.45) is 0. The Morgan fingerprint density at radius 3 is 3.00 bits per heavy atom. The Morgan fingerprint density at radius 2 is 2.23 bits per heavy atom. The third-order valence-electron chi connectivity index (χ3n) is 2.30. The average Bonchev–Trinajstić information content (AvgIpc) is 2.19. The summed E-state index contributed by atoms with van der Waals surface area (Å²) in [5, 5.41) is 2.83. The summed E-state index contributed by atoms with van der Waals surface area (Å²) in [6.45, 7) is 3.61. The molecule has 0 spiro atoms. The van der Waals surface area contributed by atoms with Crippen molar-refractivity contribution in [3.8, 4) is 0 Å². The number of para-hydroxylation sites is 1. The molecular weight excluding hydrogens is 164 g/mol. The predicted molar refractivity (Wildman–Crippen MR) is 51.8 cm³/mol. The molecule has 0 aromatic heterocycles. The van der Waals surface area contributed by atoms with Gasteiger partial charge in [0.2, 0.25) is 0 Å².